The number of carbonyl (C=O) groups is 1. The number of carbonyl (C=O) groups excluding carboxylic acids is 1. The van der Waals surface area contributed by atoms with Crippen LogP contribution in [-0.4, -0.2) is 26.0 Å². The maximum atomic E-state index is 12.6. The number of nitrogens with zero attached hydrogens (tertiary/aromatic N) is 2. The van der Waals surface area contributed by atoms with Crippen molar-refractivity contribution in [3.63, 3.8) is 0 Å². The first kappa shape index (κ1) is 17.7. The lowest BCUT2D eigenvalue weighted by Crippen LogP contribution is -2.22. The Hall–Kier alpha value is -2.73. The van der Waals surface area contributed by atoms with Crippen LogP contribution in [0.1, 0.15) is 34.6 Å². The van der Waals surface area contributed by atoms with E-state index < -0.39 is 0 Å². The van der Waals surface area contributed by atoms with Crippen molar-refractivity contribution in [2.75, 3.05) is 5.32 Å². The van der Waals surface area contributed by atoms with Gasteiger partial charge in [-0.15, -0.1) is 11.8 Å². The topological polar surface area (TPSA) is 67.2 Å². The van der Waals surface area contributed by atoms with Crippen molar-refractivity contribution in [1.82, 2.24) is 9.78 Å². The molecule has 0 fully saturated rings. The minimum absolute atomic E-state index is 0.0317. The number of fused-ring (bicyclic) bond motifs is 1. The molecule has 138 valence electrons. The number of thioether (sulfide) groups is 1. The average Bonchev–Trinajstić information content (AvgIpc) is 2.89. The summed E-state index contributed by atoms with van der Waals surface area (Å²) < 4.78 is 1.81. The molecule has 1 aliphatic rings. The summed E-state index contributed by atoms with van der Waals surface area (Å²) in [5, 5.41) is 17.2. The summed E-state index contributed by atoms with van der Waals surface area (Å²) >= 11 is 1.60. The van der Waals surface area contributed by atoms with Gasteiger partial charge in [0.15, 0.2) is 0 Å². The van der Waals surface area contributed by atoms with Crippen LogP contribution in [0.2, 0.25) is 0 Å². The summed E-state index contributed by atoms with van der Waals surface area (Å²) in [5.74, 6) is 0.916. The molecule has 0 saturated heterocycles. The molecule has 2 heterocycles. The molecule has 0 aliphatic carbocycles. The molecule has 0 spiro atoms. The Labute approximate surface area is 162 Å². The zero-order valence-electron chi connectivity index (χ0n) is 15.4. The highest BCUT2D eigenvalue weighted by atomic mass is 32.2. The van der Waals surface area contributed by atoms with Gasteiger partial charge in [-0.25, -0.2) is 4.68 Å². The van der Waals surface area contributed by atoms with Crippen LogP contribution in [0.3, 0.4) is 0 Å². The fourth-order valence-electron chi connectivity index (χ4n) is 3.29. The maximum Gasteiger partial charge on any atom is 0.238 e. The van der Waals surface area contributed by atoms with Gasteiger partial charge in [-0.2, -0.15) is 5.10 Å². The molecule has 4 rings (SSSR count). The molecule has 0 bridgehead atoms. The van der Waals surface area contributed by atoms with E-state index in [9.17, 15) is 9.90 Å². The lowest BCUT2D eigenvalue weighted by molar-refractivity contribution is -0.115. The Morgan fingerprint density at radius 2 is 1.74 bits per heavy atom. The van der Waals surface area contributed by atoms with E-state index in [0.717, 1.165) is 28.3 Å². The largest absolute Gasteiger partial charge is 0.508 e. The van der Waals surface area contributed by atoms with Gasteiger partial charge in [0.1, 0.15) is 11.6 Å². The number of anilines is 1. The predicted octanol–water partition coefficient (Wildman–Crippen LogP) is 4.36. The number of rotatable bonds is 2. The van der Waals surface area contributed by atoms with E-state index in [4.69, 9.17) is 5.10 Å². The third-order valence-corrected chi connectivity index (χ3v) is 6.20. The van der Waals surface area contributed by atoms with Crippen LogP contribution in [-0.2, 0) is 4.79 Å². The number of hydrogen-bond donors (Lipinski definition) is 2. The first-order valence-electron chi connectivity index (χ1n) is 8.86. The van der Waals surface area contributed by atoms with Crippen LogP contribution in [0.15, 0.2) is 48.5 Å². The van der Waals surface area contributed by atoms with Crippen LogP contribution in [0.25, 0.3) is 5.69 Å². The highest BCUT2D eigenvalue weighted by Gasteiger charge is 2.33. The van der Waals surface area contributed by atoms with Gasteiger partial charge in [-0.05, 0) is 50.6 Å². The van der Waals surface area contributed by atoms with Gasteiger partial charge in [0.05, 0.1) is 21.9 Å². The van der Waals surface area contributed by atoms with E-state index in [0.29, 0.717) is 0 Å². The van der Waals surface area contributed by atoms with Gasteiger partial charge < -0.3 is 10.4 Å². The van der Waals surface area contributed by atoms with Crippen molar-refractivity contribution in [1.29, 1.82) is 0 Å². The van der Waals surface area contributed by atoms with E-state index in [1.165, 1.54) is 5.56 Å². The molecule has 6 heteroatoms. The number of amides is 1. The third kappa shape index (κ3) is 3.21. The average molecular weight is 379 g/mol. The van der Waals surface area contributed by atoms with E-state index >= 15 is 0 Å². The standard InChI is InChI=1S/C21H21N3O2S/c1-12-4-8-16(9-5-12)24-20-18(13(2)23-24)19(27-14(3)21(26)22-20)15-6-10-17(25)11-7-15/h4-11,14,19,25H,1-3H3,(H,22,26). The molecule has 0 radical (unpaired) electrons. The number of phenolic OH excluding ortho intramolecular Hbond substituents is 1. The van der Waals surface area contributed by atoms with E-state index in [2.05, 4.69) is 5.32 Å². The van der Waals surface area contributed by atoms with Crippen LogP contribution in [0, 0.1) is 13.8 Å². The molecular weight excluding hydrogens is 358 g/mol. The number of hydrogen-bond acceptors (Lipinski definition) is 4. The Morgan fingerprint density at radius 3 is 2.41 bits per heavy atom. The number of aromatic nitrogens is 2. The van der Waals surface area contributed by atoms with E-state index in [1.807, 2.05) is 61.9 Å². The predicted molar refractivity (Wildman–Crippen MR) is 109 cm³/mol. The molecule has 2 aromatic carbocycles. The summed E-state index contributed by atoms with van der Waals surface area (Å²) in [7, 11) is 0. The Bertz CT molecular complexity index is 994. The number of phenols is 1. The molecule has 1 aliphatic heterocycles. The van der Waals surface area contributed by atoms with Crippen molar-refractivity contribution in [3.05, 3.63) is 70.9 Å². The first-order chi connectivity index (χ1) is 12.9. The highest BCUT2D eigenvalue weighted by Crippen LogP contribution is 2.46. The molecular formula is C21H21N3O2S. The minimum Gasteiger partial charge on any atom is -0.508 e. The van der Waals surface area contributed by atoms with Crippen molar-refractivity contribution in [2.24, 2.45) is 0 Å². The minimum atomic E-state index is -0.206. The van der Waals surface area contributed by atoms with Gasteiger partial charge in [-0.1, -0.05) is 29.8 Å². The van der Waals surface area contributed by atoms with Crippen LogP contribution in [0.5, 0.6) is 5.75 Å². The maximum absolute atomic E-state index is 12.6. The van der Waals surface area contributed by atoms with Crippen LogP contribution in [0.4, 0.5) is 5.82 Å². The van der Waals surface area contributed by atoms with Crippen molar-refractivity contribution >= 4 is 23.5 Å². The molecule has 5 nitrogen and oxygen atoms in total. The van der Waals surface area contributed by atoms with Gasteiger partial charge in [0, 0.05) is 5.56 Å². The fourth-order valence-corrected chi connectivity index (χ4v) is 4.62. The fraction of sp³-hybridized carbons (Fsp3) is 0.238. The van der Waals surface area contributed by atoms with Crippen molar-refractivity contribution in [3.8, 4) is 11.4 Å². The molecule has 2 atom stereocenters. The van der Waals surface area contributed by atoms with E-state index in [-0.39, 0.29) is 22.2 Å². The molecule has 0 saturated carbocycles. The zero-order chi connectivity index (χ0) is 19.1. The van der Waals surface area contributed by atoms with E-state index in [1.54, 1.807) is 23.9 Å². The molecule has 3 aromatic rings. The number of benzene rings is 2. The SMILES string of the molecule is Cc1ccc(-n2nc(C)c3c2NC(=O)C(C)SC3c2ccc(O)cc2)cc1. The van der Waals surface area contributed by atoms with Gasteiger partial charge in [0.2, 0.25) is 5.91 Å². The smallest absolute Gasteiger partial charge is 0.238 e. The molecule has 2 unspecified atom stereocenters. The number of aryl methyl sites for hydroxylation is 2. The lowest BCUT2D eigenvalue weighted by Gasteiger charge is -2.17. The second-order valence-electron chi connectivity index (χ2n) is 6.83. The summed E-state index contributed by atoms with van der Waals surface area (Å²) in [6.45, 7) is 5.93. The second kappa shape index (κ2) is 6.78. The molecule has 27 heavy (non-hydrogen) atoms. The normalized spacial score (nSPS) is 19.3. The summed E-state index contributed by atoms with van der Waals surface area (Å²) in [4.78, 5) is 12.6. The molecule has 1 amide bonds. The second-order valence-corrected chi connectivity index (χ2v) is 8.28. The zero-order valence-corrected chi connectivity index (χ0v) is 16.2. The van der Waals surface area contributed by atoms with Crippen LogP contribution < -0.4 is 5.32 Å². The van der Waals surface area contributed by atoms with Crippen molar-refractivity contribution in [2.45, 2.75) is 31.3 Å². The quantitative estimate of drug-likeness (QED) is 0.694. The number of aromatic hydroxyl groups is 1. The summed E-state index contributed by atoms with van der Waals surface area (Å²) in [6.07, 6.45) is 0. The third-order valence-electron chi connectivity index (χ3n) is 4.79. The Kier molecular flexibility index (Phi) is 4.44. The van der Waals surface area contributed by atoms with Crippen molar-refractivity contribution < 1.29 is 9.90 Å². The van der Waals surface area contributed by atoms with Gasteiger partial charge in [0.25, 0.3) is 0 Å². The van der Waals surface area contributed by atoms with Gasteiger partial charge in [-0.3, -0.25) is 4.79 Å². The van der Waals surface area contributed by atoms with Crippen LogP contribution >= 0.6 is 11.8 Å². The number of nitrogens with one attached hydrogen (secondary N) is 1. The lowest BCUT2D eigenvalue weighted by atomic mass is 10.0. The van der Waals surface area contributed by atoms with Gasteiger partial charge >= 0.3 is 0 Å². The molecule has 2 N–H and O–H groups in total. The molecule has 1 aromatic heterocycles. The monoisotopic (exact) mass is 379 g/mol. The Morgan fingerprint density at radius 1 is 1.07 bits per heavy atom. The summed E-state index contributed by atoms with van der Waals surface area (Å²) in [6, 6.07) is 15.2. The first-order valence-corrected chi connectivity index (χ1v) is 9.80. The summed E-state index contributed by atoms with van der Waals surface area (Å²) in [5.41, 5.74) is 5.00. The highest BCUT2D eigenvalue weighted by molar-refractivity contribution is 8.01. The Balaban J connectivity index is 1.89.